The summed E-state index contributed by atoms with van der Waals surface area (Å²) in [5.74, 6) is 1.19. The molecule has 0 aromatic heterocycles. The van der Waals surface area contributed by atoms with E-state index in [0.29, 0.717) is 19.1 Å². The van der Waals surface area contributed by atoms with Crippen LogP contribution in [0.2, 0.25) is 0 Å². The predicted octanol–water partition coefficient (Wildman–Crippen LogP) is 3.10. The molecule has 1 aliphatic rings. The van der Waals surface area contributed by atoms with Crippen molar-refractivity contribution in [3.05, 3.63) is 23.8 Å². The lowest BCUT2D eigenvalue weighted by molar-refractivity contribution is -0.120. The van der Waals surface area contributed by atoms with E-state index >= 15 is 0 Å². The van der Waals surface area contributed by atoms with Crippen molar-refractivity contribution in [3.63, 3.8) is 0 Å². The van der Waals surface area contributed by atoms with E-state index in [0.717, 1.165) is 42.7 Å². The van der Waals surface area contributed by atoms with Gasteiger partial charge in [-0.15, -0.1) is 0 Å². The number of nitrogens with one attached hydrogen (secondary N) is 1. The molecule has 0 saturated heterocycles. The summed E-state index contributed by atoms with van der Waals surface area (Å²) in [6, 6.07) is 5.88. The van der Waals surface area contributed by atoms with E-state index in [1.165, 1.54) is 0 Å². The molecule has 2 rings (SSSR count). The third kappa shape index (κ3) is 3.97. The Morgan fingerprint density at radius 3 is 2.95 bits per heavy atom. The molecule has 1 aliphatic carbocycles. The minimum absolute atomic E-state index is 0.0373. The molecule has 4 nitrogen and oxygen atoms in total. The van der Waals surface area contributed by atoms with Crippen LogP contribution in [0.1, 0.15) is 38.2 Å². The average Bonchev–Trinajstić information content (AvgIpc) is 2.96. The molecular weight excluding hydrogens is 264 g/mol. The molecule has 2 atom stereocenters. The summed E-state index contributed by atoms with van der Waals surface area (Å²) in [5.41, 5.74) is 7.66. The van der Waals surface area contributed by atoms with Gasteiger partial charge in [-0.2, -0.15) is 0 Å². The van der Waals surface area contributed by atoms with E-state index in [1.54, 1.807) is 0 Å². The summed E-state index contributed by atoms with van der Waals surface area (Å²) >= 11 is 0. The minimum atomic E-state index is 0.0373. The van der Waals surface area contributed by atoms with Crippen LogP contribution >= 0.6 is 0 Å². The maximum absolute atomic E-state index is 12.5. The number of carbonyl (C=O) groups is 1. The van der Waals surface area contributed by atoms with Crippen LogP contribution in [0.5, 0.6) is 5.75 Å². The third-order valence-electron chi connectivity index (χ3n) is 4.16. The second-order valence-electron chi connectivity index (χ2n) is 5.87. The zero-order chi connectivity index (χ0) is 15.2. The van der Waals surface area contributed by atoms with Gasteiger partial charge < -0.3 is 15.8 Å². The fourth-order valence-corrected chi connectivity index (χ4v) is 2.95. The molecule has 0 spiro atoms. The summed E-state index contributed by atoms with van der Waals surface area (Å²) < 4.78 is 5.74. The molecule has 4 heteroatoms. The standard InChI is InChI=1S/C17H26N2O2/c1-3-9-21-16-10-12(2)7-8-15(16)19-17(20)14-6-4-5-13(14)11-18/h7-8,10,13-14H,3-6,9,11,18H2,1-2H3,(H,19,20). The highest BCUT2D eigenvalue weighted by atomic mass is 16.5. The topological polar surface area (TPSA) is 64.3 Å². The molecule has 0 radical (unpaired) electrons. The van der Waals surface area contributed by atoms with E-state index in [4.69, 9.17) is 10.5 Å². The third-order valence-corrected chi connectivity index (χ3v) is 4.16. The molecule has 21 heavy (non-hydrogen) atoms. The van der Waals surface area contributed by atoms with Crippen LogP contribution in [0.25, 0.3) is 0 Å². The molecule has 2 unspecified atom stereocenters. The summed E-state index contributed by atoms with van der Waals surface area (Å²) in [7, 11) is 0. The Morgan fingerprint density at radius 1 is 1.43 bits per heavy atom. The van der Waals surface area contributed by atoms with E-state index < -0.39 is 0 Å². The van der Waals surface area contributed by atoms with Crippen LogP contribution in [0.15, 0.2) is 18.2 Å². The number of amides is 1. The quantitative estimate of drug-likeness (QED) is 0.846. The summed E-state index contributed by atoms with van der Waals surface area (Å²) in [5, 5.41) is 3.03. The number of ether oxygens (including phenoxy) is 1. The van der Waals surface area contributed by atoms with Gasteiger partial charge in [0.1, 0.15) is 5.75 Å². The summed E-state index contributed by atoms with van der Waals surface area (Å²) in [4.78, 5) is 12.5. The maximum Gasteiger partial charge on any atom is 0.227 e. The van der Waals surface area contributed by atoms with Crippen molar-refractivity contribution in [1.82, 2.24) is 0 Å². The van der Waals surface area contributed by atoms with Crippen LogP contribution in [-0.4, -0.2) is 19.1 Å². The molecule has 1 saturated carbocycles. The highest BCUT2D eigenvalue weighted by Crippen LogP contribution is 2.33. The summed E-state index contributed by atoms with van der Waals surface area (Å²) in [6.07, 6.45) is 4.03. The zero-order valence-electron chi connectivity index (χ0n) is 13.0. The van der Waals surface area contributed by atoms with Crippen LogP contribution < -0.4 is 15.8 Å². The van der Waals surface area contributed by atoms with Crippen LogP contribution in [-0.2, 0) is 4.79 Å². The number of nitrogens with two attached hydrogens (primary N) is 1. The Morgan fingerprint density at radius 2 is 2.24 bits per heavy atom. The number of benzene rings is 1. The molecule has 0 heterocycles. The smallest absolute Gasteiger partial charge is 0.227 e. The maximum atomic E-state index is 12.5. The first-order valence-electron chi connectivity index (χ1n) is 7.90. The first-order chi connectivity index (χ1) is 10.2. The van der Waals surface area contributed by atoms with Crippen molar-refractivity contribution in [2.24, 2.45) is 17.6 Å². The Bertz CT molecular complexity index is 488. The lowest BCUT2D eigenvalue weighted by atomic mass is 9.95. The molecule has 116 valence electrons. The first kappa shape index (κ1) is 15.8. The van der Waals surface area contributed by atoms with E-state index in [-0.39, 0.29) is 11.8 Å². The minimum Gasteiger partial charge on any atom is -0.491 e. The second kappa shape index (κ2) is 7.46. The van der Waals surface area contributed by atoms with Gasteiger partial charge in [0.05, 0.1) is 12.3 Å². The molecule has 1 fully saturated rings. The fraction of sp³-hybridized carbons (Fsp3) is 0.588. The first-order valence-corrected chi connectivity index (χ1v) is 7.90. The Labute approximate surface area is 127 Å². The average molecular weight is 290 g/mol. The van der Waals surface area contributed by atoms with Gasteiger partial charge in [0.2, 0.25) is 5.91 Å². The normalized spacial score (nSPS) is 21.3. The largest absolute Gasteiger partial charge is 0.491 e. The molecule has 1 aromatic carbocycles. The van der Waals surface area contributed by atoms with Crippen molar-refractivity contribution in [1.29, 1.82) is 0 Å². The summed E-state index contributed by atoms with van der Waals surface area (Å²) in [6.45, 7) is 5.33. The van der Waals surface area contributed by atoms with Gasteiger partial charge >= 0.3 is 0 Å². The van der Waals surface area contributed by atoms with E-state index in [2.05, 4.69) is 12.2 Å². The van der Waals surface area contributed by atoms with Crippen molar-refractivity contribution in [2.45, 2.75) is 39.5 Å². The van der Waals surface area contributed by atoms with Crippen LogP contribution in [0.4, 0.5) is 5.69 Å². The number of hydrogen-bond donors (Lipinski definition) is 2. The molecule has 0 bridgehead atoms. The van der Waals surface area contributed by atoms with E-state index in [1.807, 2.05) is 25.1 Å². The highest BCUT2D eigenvalue weighted by Gasteiger charge is 2.32. The molecule has 3 N–H and O–H groups in total. The fourth-order valence-electron chi connectivity index (χ4n) is 2.95. The van der Waals surface area contributed by atoms with E-state index in [9.17, 15) is 4.79 Å². The monoisotopic (exact) mass is 290 g/mol. The zero-order valence-corrected chi connectivity index (χ0v) is 13.0. The number of rotatable bonds is 6. The van der Waals surface area contributed by atoms with Crippen molar-refractivity contribution < 1.29 is 9.53 Å². The van der Waals surface area contributed by atoms with Gasteiger partial charge in [0.25, 0.3) is 0 Å². The van der Waals surface area contributed by atoms with Crippen molar-refractivity contribution in [2.75, 3.05) is 18.5 Å². The number of hydrogen-bond acceptors (Lipinski definition) is 3. The van der Waals surface area contributed by atoms with Gasteiger partial charge in [-0.05, 0) is 56.3 Å². The number of carbonyl (C=O) groups excluding carboxylic acids is 1. The van der Waals surface area contributed by atoms with Crippen molar-refractivity contribution in [3.8, 4) is 5.75 Å². The molecule has 0 aliphatic heterocycles. The Balaban J connectivity index is 2.09. The van der Waals surface area contributed by atoms with Crippen LogP contribution in [0, 0.1) is 18.8 Å². The number of anilines is 1. The van der Waals surface area contributed by atoms with Crippen LogP contribution in [0.3, 0.4) is 0 Å². The Hall–Kier alpha value is -1.55. The molecular formula is C17H26N2O2. The van der Waals surface area contributed by atoms with Gasteiger partial charge in [-0.3, -0.25) is 4.79 Å². The Kier molecular flexibility index (Phi) is 5.62. The lowest BCUT2D eigenvalue weighted by Gasteiger charge is -2.19. The lowest BCUT2D eigenvalue weighted by Crippen LogP contribution is -2.29. The van der Waals surface area contributed by atoms with Gasteiger partial charge in [0.15, 0.2) is 0 Å². The second-order valence-corrected chi connectivity index (χ2v) is 5.87. The molecule has 1 amide bonds. The highest BCUT2D eigenvalue weighted by molar-refractivity contribution is 5.94. The van der Waals surface area contributed by atoms with Crippen molar-refractivity contribution >= 4 is 11.6 Å². The SMILES string of the molecule is CCCOc1cc(C)ccc1NC(=O)C1CCCC1CN. The van der Waals surface area contributed by atoms with Gasteiger partial charge in [0, 0.05) is 5.92 Å². The van der Waals surface area contributed by atoms with Gasteiger partial charge in [-0.1, -0.05) is 19.4 Å². The predicted molar refractivity (Wildman–Crippen MR) is 85.5 cm³/mol. The number of aryl methyl sites for hydroxylation is 1. The molecule has 1 aromatic rings. The van der Waals surface area contributed by atoms with Gasteiger partial charge in [-0.25, -0.2) is 0 Å².